The maximum Gasteiger partial charge on any atom is 0.359 e. The normalized spacial score (nSPS) is 11.0. The van der Waals surface area contributed by atoms with E-state index < -0.39 is 11.9 Å². The maximum absolute atomic E-state index is 12.9. The fourth-order valence-corrected chi connectivity index (χ4v) is 2.95. The Morgan fingerprint density at radius 2 is 1.71 bits per heavy atom. The number of esters is 1. The van der Waals surface area contributed by atoms with Crippen LogP contribution in [-0.4, -0.2) is 32.0 Å². The highest BCUT2D eigenvalue weighted by atomic mass is 16.5. The van der Waals surface area contributed by atoms with Gasteiger partial charge >= 0.3 is 11.9 Å². The number of nitrogens with zero attached hydrogens (tertiary/aromatic N) is 3. The highest BCUT2D eigenvalue weighted by Crippen LogP contribution is 2.24. The Morgan fingerprint density at radius 1 is 0.935 bits per heavy atom. The van der Waals surface area contributed by atoms with E-state index in [2.05, 4.69) is 15.0 Å². The van der Waals surface area contributed by atoms with Gasteiger partial charge in [-0.25, -0.2) is 24.5 Å². The topological polar surface area (TPSA) is 102 Å². The SMILES string of the molecule is O=C(O)/C=C/c1ccc(-c2nc3ncccc3nc2C(=O)OCc2ccccc2)cc1. The van der Waals surface area contributed by atoms with Crippen molar-refractivity contribution in [2.45, 2.75) is 6.61 Å². The van der Waals surface area contributed by atoms with Crippen LogP contribution in [0.2, 0.25) is 0 Å². The van der Waals surface area contributed by atoms with E-state index in [9.17, 15) is 9.59 Å². The number of benzene rings is 2. The Hall–Kier alpha value is -4.39. The highest BCUT2D eigenvalue weighted by molar-refractivity contribution is 5.96. The van der Waals surface area contributed by atoms with Crippen LogP contribution in [0.3, 0.4) is 0 Å². The Balaban J connectivity index is 1.69. The van der Waals surface area contributed by atoms with Gasteiger partial charge in [-0.1, -0.05) is 54.6 Å². The summed E-state index contributed by atoms with van der Waals surface area (Å²) in [4.78, 5) is 36.8. The first-order valence-corrected chi connectivity index (χ1v) is 9.45. The summed E-state index contributed by atoms with van der Waals surface area (Å²) in [5.41, 5.74) is 3.53. The monoisotopic (exact) mass is 411 g/mol. The number of pyridine rings is 1. The predicted octanol–water partition coefficient (Wildman–Crippen LogP) is 4.15. The number of carbonyl (C=O) groups is 2. The number of fused-ring (bicyclic) bond motifs is 1. The van der Waals surface area contributed by atoms with Crippen molar-refractivity contribution in [3.63, 3.8) is 0 Å². The van der Waals surface area contributed by atoms with Crippen LogP contribution in [0.4, 0.5) is 0 Å². The molecule has 7 heteroatoms. The van der Waals surface area contributed by atoms with E-state index in [4.69, 9.17) is 9.84 Å². The van der Waals surface area contributed by atoms with Crippen molar-refractivity contribution in [3.05, 3.63) is 95.8 Å². The predicted molar refractivity (Wildman–Crippen MR) is 115 cm³/mol. The van der Waals surface area contributed by atoms with Crippen molar-refractivity contribution < 1.29 is 19.4 Å². The Morgan fingerprint density at radius 3 is 2.45 bits per heavy atom. The molecule has 0 unspecified atom stereocenters. The average Bonchev–Trinajstić information content (AvgIpc) is 2.81. The van der Waals surface area contributed by atoms with Crippen molar-refractivity contribution in [3.8, 4) is 11.3 Å². The smallest absolute Gasteiger partial charge is 0.359 e. The van der Waals surface area contributed by atoms with Crippen molar-refractivity contribution in [2.75, 3.05) is 0 Å². The number of aromatic nitrogens is 3. The van der Waals surface area contributed by atoms with Crippen molar-refractivity contribution in [2.24, 2.45) is 0 Å². The van der Waals surface area contributed by atoms with Crippen molar-refractivity contribution in [1.82, 2.24) is 15.0 Å². The fourth-order valence-electron chi connectivity index (χ4n) is 2.95. The lowest BCUT2D eigenvalue weighted by molar-refractivity contribution is -0.131. The van der Waals surface area contributed by atoms with Gasteiger partial charge in [0.15, 0.2) is 11.3 Å². The summed E-state index contributed by atoms with van der Waals surface area (Å²) in [5, 5.41) is 8.77. The molecule has 152 valence electrons. The number of hydrogen-bond acceptors (Lipinski definition) is 6. The van der Waals surface area contributed by atoms with Gasteiger partial charge in [0.2, 0.25) is 0 Å². The summed E-state index contributed by atoms with van der Waals surface area (Å²) >= 11 is 0. The van der Waals surface area contributed by atoms with E-state index in [-0.39, 0.29) is 12.3 Å². The van der Waals surface area contributed by atoms with Crippen LogP contribution in [0.25, 0.3) is 28.5 Å². The maximum atomic E-state index is 12.9. The molecule has 0 aliphatic carbocycles. The molecule has 0 radical (unpaired) electrons. The van der Waals surface area contributed by atoms with Crippen LogP contribution in [0.5, 0.6) is 0 Å². The number of carboxylic acids is 1. The Kier molecular flexibility index (Phi) is 5.75. The van der Waals surface area contributed by atoms with Gasteiger partial charge in [0.1, 0.15) is 17.8 Å². The summed E-state index contributed by atoms with van der Waals surface area (Å²) in [6, 6.07) is 19.8. The zero-order valence-corrected chi connectivity index (χ0v) is 16.3. The van der Waals surface area contributed by atoms with Crippen molar-refractivity contribution in [1.29, 1.82) is 0 Å². The largest absolute Gasteiger partial charge is 0.478 e. The second-order valence-electron chi connectivity index (χ2n) is 6.62. The van der Waals surface area contributed by atoms with Crippen molar-refractivity contribution >= 4 is 29.2 Å². The lowest BCUT2D eigenvalue weighted by Gasteiger charge is -2.10. The van der Waals surface area contributed by atoms with E-state index in [0.717, 1.165) is 11.6 Å². The first-order valence-electron chi connectivity index (χ1n) is 9.45. The first kappa shape index (κ1) is 19.9. The molecule has 0 aliphatic rings. The lowest BCUT2D eigenvalue weighted by atomic mass is 10.1. The summed E-state index contributed by atoms with van der Waals surface area (Å²) < 4.78 is 5.48. The second kappa shape index (κ2) is 8.96. The van der Waals surface area contributed by atoms with E-state index in [1.54, 1.807) is 42.6 Å². The molecule has 0 fully saturated rings. The molecule has 0 aliphatic heterocycles. The third kappa shape index (κ3) is 4.79. The zero-order valence-electron chi connectivity index (χ0n) is 16.3. The molecule has 2 aromatic carbocycles. The van der Waals surface area contributed by atoms with Crippen LogP contribution >= 0.6 is 0 Å². The summed E-state index contributed by atoms with van der Waals surface area (Å²) in [6.45, 7) is 0.116. The van der Waals surface area contributed by atoms with Gasteiger partial charge in [0.05, 0.1) is 0 Å². The molecule has 31 heavy (non-hydrogen) atoms. The molecule has 0 spiro atoms. The third-order valence-electron chi connectivity index (χ3n) is 4.45. The molecule has 7 nitrogen and oxygen atoms in total. The Bertz CT molecular complexity index is 1270. The van der Waals surface area contributed by atoms with E-state index in [0.29, 0.717) is 28.0 Å². The van der Waals surface area contributed by atoms with Gasteiger partial charge < -0.3 is 9.84 Å². The molecular formula is C24H17N3O4. The number of ether oxygens (including phenoxy) is 1. The van der Waals surface area contributed by atoms with Gasteiger partial charge in [0.25, 0.3) is 0 Å². The quantitative estimate of drug-likeness (QED) is 0.376. The number of aliphatic carboxylic acids is 1. The minimum Gasteiger partial charge on any atom is -0.478 e. The lowest BCUT2D eigenvalue weighted by Crippen LogP contribution is -2.11. The van der Waals surface area contributed by atoms with Crippen LogP contribution in [0.1, 0.15) is 21.6 Å². The van der Waals surface area contributed by atoms with E-state index >= 15 is 0 Å². The summed E-state index contributed by atoms with van der Waals surface area (Å²) in [7, 11) is 0. The molecule has 0 saturated heterocycles. The molecular weight excluding hydrogens is 394 g/mol. The second-order valence-corrected chi connectivity index (χ2v) is 6.62. The van der Waals surface area contributed by atoms with Gasteiger partial charge in [0, 0.05) is 17.8 Å². The van der Waals surface area contributed by atoms with Gasteiger partial charge in [-0.2, -0.15) is 0 Å². The average molecular weight is 411 g/mol. The number of carbonyl (C=O) groups excluding carboxylic acids is 1. The molecule has 2 heterocycles. The van der Waals surface area contributed by atoms with Gasteiger partial charge in [-0.05, 0) is 29.3 Å². The van der Waals surface area contributed by atoms with Gasteiger partial charge in [-0.3, -0.25) is 0 Å². The summed E-state index contributed by atoms with van der Waals surface area (Å²) in [5.74, 6) is -1.62. The minimum absolute atomic E-state index is 0.0882. The molecule has 0 bridgehead atoms. The molecule has 0 atom stereocenters. The molecule has 0 saturated carbocycles. The number of rotatable bonds is 6. The number of carboxylic acid groups (broad SMARTS) is 1. The van der Waals surface area contributed by atoms with Crippen LogP contribution < -0.4 is 0 Å². The van der Waals surface area contributed by atoms with E-state index in [1.165, 1.54) is 6.08 Å². The van der Waals surface area contributed by atoms with Gasteiger partial charge in [-0.15, -0.1) is 0 Å². The zero-order chi connectivity index (χ0) is 21.6. The highest BCUT2D eigenvalue weighted by Gasteiger charge is 2.20. The third-order valence-corrected chi connectivity index (χ3v) is 4.45. The molecule has 2 aromatic heterocycles. The fraction of sp³-hybridized carbons (Fsp3) is 0.0417. The standard InChI is InChI=1S/C24H17N3O4/c28-20(29)13-10-16-8-11-18(12-9-16)21-22(26-19-7-4-14-25-23(19)27-21)24(30)31-15-17-5-2-1-3-6-17/h1-14H,15H2,(H,28,29)/b13-10+. The van der Waals surface area contributed by atoms with Crippen LogP contribution in [0.15, 0.2) is 79.0 Å². The Labute approximate surface area is 177 Å². The summed E-state index contributed by atoms with van der Waals surface area (Å²) in [6.07, 6.45) is 4.14. The molecule has 0 amide bonds. The minimum atomic E-state index is -1.03. The molecule has 4 rings (SSSR count). The van der Waals surface area contributed by atoms with Crippen LogP contribution in [0, 0.1) is 0 Å². The van der Waals surface area contributed by atoms with E-state index in [1.807, 2.05) is 30.3 Å². The number of hydrogen-bond donors (Lipinski definition) is 1. The molecule has 1 N–H and O–H groups in total. The van der Waals surface area contributed by atoms with Crippen LogP contribution in [-0.2, 0) is 16.1 Å². The first-order chi connectivity index (χ1) is 15.1. The molecule has 4 aromatic rings.